The van der Waals surface area contributed by atoms with Crippen molar-refractivity contribution < 1.29 is 22.7 Å². The minimum Gasteiger partial charge on any atom is -0.462 e. The Labute approximate surface area is 206 Å². The molecule has 2 fully saturated rings. The smallest absolute Gasteiger partial charge is 0.348 e. The lowest BCUT2D eigenvalue weighted by molar-refractivity contribution is 0.0531. The fraction of sp³-hybridized carbons (Fsp3) is 0.538. The summed E-state index contributed by atoms with van der Waals surface area (Å²) in [6.45, 7) is 12.8. The lowest BCUT2D eigenvalue weighted by atomic mass is 9.65. The van der Waals surface area contributed by atoms with Gasteiger partial charge in [0, 0.05) is 18.2 Å². The second kappa shape index (κ2) is 8.57. The van der Waals surface area contributed by atoms with Crippen LogP contribution >= 0.6 is 11.3 Å². The molecule has 0 radical (unpaired) electrons. The summed E-state index contributed by atoms with van der Waals surface area (Å²) in [5.74, 6) is -0.655. The normalized spacial score (nSPS) is 24.2. The first-order chi connectivity index (χ1) is 15.8. The zero-order chi connectivity index (χ0) is 25.1. The van der Waals surface area contributed by atoms with E-state index in [0.717, 1.165) is 41.7 Å². The average Bonchev–Trinajstić information content (AvgIpc) is 3.19. The SMILES string of the molecule is CCOC(=O)c1sc(C(=O)c2ccc(S(=O)(=O)N3CC4(C)CC3CC(C)(C)C4)cc2)c(C)c1C. The summed E-state index contributed by atoms with van der Waals surface area (Å²) in [4.78, 5) is 26.5. The molecule has 2 unspecified atom stereocenters. The Bertz CT molecular complexity index is 1240. The quantitative estimate of drug-likeness (QED) is 0.391. The van der Waals surface area contributed by atoms with Gasteiger partial charge in [-0.15, -0.1) is 11.3 Å². The number of esters is 1. The van der Waals surface area contributed by atoms with Gasteiger partial charge in [0.15, 0.2) is 0 Å². The molecule has 1 aromatic carbocycles. The first-order valence-electron chi connectivity index (χ1n) is 11.7. The van der Waals surface area contributed by atoms with Gasteiger partial charge >= 0.3 is 5.97 Å². The minimum absolute atomic E-state index is 0.000579. The topological polar surface area (TPSA) is 80.8 Å². The maximum Gasteiger partial charge on any atom is 0.348 e. The molecule has 2 aromatic rings. The van der Waals surface area contributed by atoms with Gasteiger partial charge in [-0.1, -0.05) is 20.8 Å². The van der Waals surface area contributed by atoms with Gasteiger partial charge < -0.3 is 4.74 Å². The molecule has 1 aliphatic heterocycles. The summed E-state index contributed by atoms with van der Waals surface area (Å²) in [6.07, 6.45) is 2.77. The molecule has 4 rings (SSSR count). The summed E-state index contributed by atoms with van der Waals surface area (Å²) < 4.78 is 33.8. The molecule has 1 aromatic heterocycles. The Balaban J connectivity index is 1.59. The molecular formula is C26H33NO5S2. The molecule has 1 saturated heterocycles. The molecule has 34 heavy (non-hydrogen) atoms. The maximum absolute atomic E-state index is 13.5. The number of benzene rings is 1. The van der Waals surface area contributed by atoms with Crippen molar-refractivity contribution in [3.8, 4) is 0 Å². The van der Waals surface area contributed by atoms with E-state index >= 15 is 0 Å². The number of thiophene rings is 1. The fourth-order valence-corrected chi connectivity index (χ4v) is 8.88. The van der Waals surface area contributed by atoms with Gasteiger partial charge in [0.05, 0.1) is 16.4 Å². The number of carbonyl (C=O) groups is 2. The lowest BCUT2D eigenvalue weighted by Gasteiger charge is -2.39. The highest BCUT2D eigenvalue weighted by Gasteiger charge is 2.53. The van der Waals surface area contributed by atoms with E-state index in [-0.39, 0.29) is 34.2 Å². The molecule has 184 valence electrons. The number of ketones is 1. The predicted molar refractivity (Wildman–Crippen MR) is 133 cm³/mol. The van der Waals surface area contributed by atoms with E-state index in [1.165, 1.54) is 12.1 Å². The Hall–Kier alpha value is -2.03. The van der Waals surface area contributed by atoms with Gasteiger partial charge in [-0.25, -0.2) is 13.2 Å². The first-order valence-corrected chi connectivity index (χ1v) is 14.0. The number of fused-ring (bicyclic) bond motifs is 2. The van der Waals surface area contributed by atoms with Crippen LogP contribution in [-0.4, -0.2) is 43.7 Å². The lowest BCUT2D eigenvalue weighted by Crippen LogP contribution is -2.37. The van der Waals surface area contributed by atoms with Crippen LogP contribution in [0.1, 0.15) is 83.0 Å². The number of hydrogen-bond donors (Lipinski definition) is 0. The van der Waals surface area contributed by atoms with Crippen molar-refractivity contribution in [2.24, 2.45) is 10.8 Å². The van der Waals surface area contributed by atoms with Crippen LogP contribution in [0.15, 0.2) is 29.2 Å². The molecule has 2 bridgehead atoms. The third kappa shape index (κ3) is 4.36. The minimum atomic E-state index is -3.65. The third-order valence-electron chi connectivity index (χ3n) is 7.20. The summed E-state index contributed by atoms with van der Waals surface area (Å²) in [5, 5.41) is 0. The van der Waals surface area contributed by atoms with E-state index < -0.39 is 16.0 Å². The van der Waals surface area contributed by atoms with Crippen molar-refractivity contribution in [3.63, 3.8) is 0 Å². The zero-order valence-corrected chi connectivity index (χ0v) is 22.4. The molecule has 1 aliphatic carbocycles. The van der Waals surface area contributed by atoms with Gasteiger partial charge in [0.25, 0.3) is 0 Å². The molecule has 0 amide bonds. The molecule has 2 atom stereocenters. The van der Waals surface area contributed by atoms with Crippen LogP contribution in [0.3, 0.4) is 0 Å². The van der Waals surface area contributed by atoms with Gasteiger partial charge in [-0.05, 0) is 86.3 Å². The molecular weight excluding hydrogens is 470 g/mol. The second-order valence-electron chi connectivity index (χ2n) is 10.8. The van der Waals surface area contributed by atoms with E-state index in [0.29, 0.717) is 21.9 Å². The van der Waals surface area contributed by atoms with Crippen molar-refractivity contribution in [2.45, 2.75) is 71.7 Å². The number of hydrogen-bond acceptors (Lipinski definition) is 6. The summed E-state index contributed by atoms with van der Waals surface area (Å²) in [7, 11) is -3.65. The number of carbonyl (C=O) groups excluding carboxylic acids is 2. The van der Waals surface area contributed by atoms with E-state index in [1.807, 2.05) is 6.92 Å². The van der Waals surface area contributed by atoms with Crippen LogP contribution in [0.2, 0.25) is 0 Å². The Morgan fingerprint density at radius 2 is 1.68 bits per heavy atom. The van der Waals surface area contributed by atoms with Crippen LogP contribution in [-0.2, 0) is 14.8 Å². The number of sulfonamides is 1. The molecule has 8 heteroatoms. The van der Waals surface area contributed by atoms with Crippen LogP contribution in [0.4, 0.5) is 0 Å². The van der Waals surface area contributed by atoms with E-state index in [9.17, 15) is 18.0 Å². The molecule has 0 spiro atoms. The highest BCUT2D eigenvalue weighted by Crippen LogP contribution is 2.53. The third-order valence-corrected chi connectivity index (χ3v) is 10.5. The van der Waals surface area contributed by atoms with Crippen molar-refractivity contribution in [1.82, 2.24) is 4.31 Å². The number of rotatable bonds is 6. The largest absolute Gasteiger partial charge is 0.462 e. The van der Waals surface area contributed by atoms with Crippen LogP contribution in [0, 0.1) is 24.7 Å². The fourth-order valence-electron chi connectivity index (χ4n) is 5.94. The maximum atomic E-state index is 13.5. The van der Waals surface area contributed by atoms with Gasteiger partial charge in [0.1, 0.15) is 4.88 Å². The van der Waals surface area contributed by atoms with Crippen LogP contribution in [0.25, 0.3) is 0 Å². The van der Waals surface area contributed by atoms with Gasteiger partial charge in [-0.2, -0.15) is 4.31 Å². The van der Waals surface area contributed by atoms with Gasteiger partial charge in [0.2, 0.25) is 15.8 Å². The predicted octanol–water partition coefficient (Wildman–Crippen LogP) is 5.36. The highest BCUT2D eigenvalue weighted by molar-refractivity contribution is 7.89. The first kappa shape index (κ1) is 25.1. The number of ether oxygens (including phenoxy) is 1. The monoisotopic (exact) mass is 503 g/mol. The summed E-state index contributed by atoms with van der Waals surface area (Å²) in [6, 6.07) is 6.21. The average molecular weight is 504 g/mol. The summed E-state index contributed by atoms with van der Waals surface area (Å²) in [5.41, 5.74) is 2.00. The molecule has 6 nitrogen and oxygen atoms in total. The Morgan fingerprint density at radius 1 is 1.06 bits per heavy atom. The van der Waals surface area contributed by atoms with Gasteiger partial charge in [-0.3, -0.25) is 4.79 Å². The Morgan fingerprint density at radius 3 is 2.29 bits per heavy atom. The highest BCUT2D eigenvalue weighted by atomic mass is 32.2. The second-order valence-corrected chi connectivity index (χ2v) is 13.8. The van der Waals surface area contributed by atoms with Crippen LogP contribution < -0.4 is 0 Å². The molecule has 0 N–H and O–H groups in total. The van der Waals surface area contributed by atoms with Crippen molar-refractivity contribution >= 4 is 33.1 Å². The summed E-state index contributed by atoms with van der Waals surface area (Å²) >= 11 is 1.13. The standard InChI is InChI=1S/C26H33NO5S2/c1-7-32-24(29)23-17(3)16(2)22(33-23)21(28)18-8-10-20(11-9-18)34(30,31)27-15-26(6)13-19(27)12-25(4,5)14-26/h8-11,19H,7,12-15H2,1-6H3. The molecule has 2 aliphatic rings. The number of nitrogens with zero attached hydrogens (tertiary/aromatic N) is 1. The van der Waals surface area contributed by atoms with E-state index in [2.05, 4.69) is 20.8 Å². The van der Waals surface area contributed by atoms with Crippen LogP contribution in [0.5, 0.6) is 0 Å². The van der Waals surface area contributed by atoms with Crippen molar-refractivity contribution in [3.05, 3.63) is 50.7 Å². The van der Waals surface area contributed by atoms with E-state index in [1.54, 1.807) is 30.3 Å². The van der Waals surface area contributed by atoms with Crippen molar-refractivity contribution in [1.29, 1.82) is 0 Å². The van der Waals surface area contributed by atoms with Crippen molar-refractivity contribution in [2.75, 3.05) is 13.2 Å². The Kier molecular flexibility index (Phi) is 6.32. The zero-order valence-electron chi connectivity index (χ0n) is 20.7. The molecule has 1 saturated carbocycles. The van der Waals surface area contributed by atoms with E-state index in [4.69, 9.17) is 4.74 Å². The molecule has 2 heterocycles.